The van der Waals surface area contributed by atoms with E-state index in [0.717, 1.165) is 30.9 Å². The third-order valence-electron chi connectivity index (χ3n) is 6.61. The van der Waals surface area contributed by atoms with Gasteiger partial charge in [0.2, 0.25) is 0 Å². The zero-order valence-corrected chi connectivity index (χ0v) is 22.9. The number of fused-ring (bicyclic) bond motifs is 1. The van der Waals surface area contributed by atoms with Crippen molar-refractivity contribution in [3.8, 4) is 11.5 Å². The number of hydrogen-bond acceptors (Lipinski definition) is 7. The van der Waals surface area contributed by atoms with Crippen LogP contribution in [0.25, 0.3) is 0 Å². The van der Waals surface area contributed by atoms with Gasteiger partial charge in [0.05, 0.1) is 14.2 Å². The number of ether oxygens (including phenoxy) is 2. The summed E-state index contributed by atoms with van der Waals surface area (Å²) in [5.74, 6) is 0.347. The SMILES string of the molecule is COc1cc2c(cc1OC)C(Cc1ccc(C3(c4ccccc4)SCCS3)cc1)NCC2.O=C(O)C(=O)O. The predicted octanol–water partition coefficient (Wildman–Crippen LogP) is 4.97. The van der Waals surface area contributed by atoms with Gasteiger partial charge in [-0.3, -0.25) is 0 Å². The molecule has 0 amide bonds. The van der Waals surface area contributed by atoms with Crippen LogP contribution in [0, 0.1) is 0 Å². The van der Waals surface area contributed by atoms with Crippen molar-refractivity contribution < 1.29 is 29.3 Å². The second kappa shape index (κ2) is 12.6. The molecule has 9 heteroatoms. The van der Waals surface area contributed by atoms with Gasteiger partial charge in [0.25, 0.3) is 0 Å². The van der Waals surface area contributed by atoms with E-state index in [4.69, 9.17) is 29.3 Å². The summed E-state index contributed by atoms with van der Waals surface area (Å²) in [5.41, 5.74) is 6.81. The molecule has 0 aliphatic carbocycles. The smallest absolute Gasteiger partial charge is 0.414 e. The molecule has 200 valence electrons. The Morgan fingerprint density at radius 1 is 0.895 bits per heavy atom. The van der Waals surface area contributed by atoms with E-state index < -0.39 is 11.9 Å². The maximum Gasteiger partial charge on any atom is 0.414 e. The van der Waals surface area contributed by atoms with E-state index in [2.05, 4.69) is 95.6 Å². The molecule has 2 aliphatic rings. The van der Waals surface area contributed by atoms with Crippen molar-refractivity contribution in [3.63, 3.8) is 0 Å². The summed E-state index contributed by atoms with van der Waals surface area (Å²) in [5, 5.41) is 18.5. The highest BCUT2D eigenvalue weighted by molar-refractivity contribution is 8.20. The van der Waals surface area contributed by atoms with E-state index in [9.17, 15) is 0 Å². The van der Waals surface area contributed by atoms with Crippen LogP contribution in [-0.4, -0.2) is 54.4 Å². The van der Waals surface area contributed by atoms with E-state index in [0.29, 0.717) is 0 Å². The van der Waals surface area contributed by atoms with Gasteiger partial charge < -0.3 is 25.0 Å². The Kier molecular flexibility index (Phi) is 9.25. The van der Waals surface area contributed by atoms with Gasteiger partial charge in [0, 0.05) is 17.5 Å². The van der Waals surface area contributed by atoms with E-state index in [1.54, 1.807) is 14.2 Å². The number of methoxy groups -OCH3 is 2. The number of carboxylic acids is 2. The van der Waals surface area contributed by atoms with E-state index >= 15 is 0 Å². The summed E-state index contributed by atoms with van der Waals surface area (Å²) in [4.78, 5) is 18.2. The van der Waals surface area contributed by atoms with E-state index in [1.165, 1.54) is 39.3 Å². The molecule has 1 fully saturated rings. The second-order valence-corrected chi connectivity index (χ2v) is 11.7. The number of carboxylic acid groups (broad SMARTS) is 2. The largest absolute Gasteiger partial charge is 0.493 e. The first-order chi connectivity index (χ1) is 18.4. The van der Waals surface area contributed by atoms with Crippen LogP contribution in [0.4, 0.5) is 0 Å². The van der Waals surface area contributed by atoms with Gasteiger partial charge in [-0.2, -0.15) is 0 Å². The molecule has 3 aromatic rings. The minimum atomic E-state index is -1.82. The number of benzene rings is 3. The fraction of sp³-hybridized carbons (Fsp3) is 0.310. The average molecular weight is 554 g/mol. The fourth-order valence-corrected chi connectivity index (χ4v) is 8.10. The number of hydrogen-bond donors (Lipinski definition) is 3. The molecule has 0 bridgehead atoms. The quantitative estimate of drug-likeness (QED) is 0.365. The van der Waals surface area contributed by atoms with Gasteiger partial charge in [-0.1, -0.05) is 54.6 Å². The molecule has 5 rings (SSSR count). The molecule has 0 saturated carbocycles. The van der Waals surface area contributed by atoms with Crippen LogP contribution in [0.2, 0.25) is 0 Å². The molecule has 1 unspecified atom stereocenters. The highest BCUT2D eigenvalue weighted by Crippen LogP contribution is 2.56. The minimum absolute atomic E-state index is 0.0133. The Labute approximate surface area is 230 Å². The number of carbonyl (C=O) groups is 2. The molecule has 0 radical (unpaired) electrons. The van der Waals surface area contributed by atoms with Crippen LogP contribution in [0.15, 0.2) is 66.7 Å². The first-order valence-electron chi connectivity index (χ1n) is 12.2. The number of thioether (sulfide) groups is 2. The third kappa shape index (κ3) is 6.11. The molecule has 2 aliphatic heterocycles. The zero-order chi connectivity index (χ0) is 27.1. The molecule has 0 aromatic heterocycles. The van der Waals surface area contributed by atoms with Crippen LogP contribution in [0.1, 0.15) is 33.9 Å². The van der Waals surface area contributed by atoms with Crippen LogP contribution in [0.5, 0.6) is 11.5 Å². The fourth-order valence-electron chi connectivity index (χ4n) is 4.82. The summed E-state index contributed by atoms with van der Waals surface area (Å²) in [6.45, 7) is 0.982. The van der Waals surface area contributed by atoms with Crippen molar-refractivity contribution in [1.82, 2.24) is 5.32 Å². The van der Waals surface area contributed by atoms with E-state index in [1.807, 2.05) is 0 Å². The van der Waals surface area contributed by atoms with Gasteiger partial charge in [0.1, 0.15) is 4.08 Å². The Morgan fingerprint density at radius 2 is 1.47 bits per heavy atom. The predicted molar refractivity (Wildman–Crippen MR) is 152 cm³/mol. The van der Waals surface area contributed by atoms with Gasteiger partial charge in [-0.25, -0.2) is 9.59 Å². The lowest BCUT2D eigenvalue weighted by atomic mass is 9.89. The van der Waals surface area contributed by atoms with Crippen molar-refractivity contribution >= 4 is 35.5 Å². The van der Waals surface area contributed by atoms with Crippen molar-refractivity contribution in [2.45, 2.75) is 23.0 Å². The first kappa shape index (κ1) is 27.9. The molecule has 7 nitrogen and oxygen atoms in total. The van der Waals surface area contributed by atoms with Crippen molar-refractivity contribution in [2.75, 3.05) is 32.3 Å². The lowest BCUT2D eigenvalue weighted by Crippen LogP contribution is -2.31. The standard InChI is InChI=1S/C27H29NO2S2.C2H2O4/c1-29-25-17-20-12-13-28-24(23(20)18-26(25)30-2)16-19-8-10-22(11-9-19)27(31-14-15-32-27)21-6-4-3-5-7-21;3-1(4)2(5)6/h3-11,17-18,24,28H,12-16H2,1-2H3;(H,3,4)(H,5,6). The minimum Gasteiger partial charge on any atom is -0.493 e. The Hall–Kier alpha value is -3.14. The topological polar surface area (TPSA) is 105 Å². The van der Waals surface area contributed by atoms with Gasteiger partial charge in [-0.05, 0) is 59.3 Å². The van der Waals surface area contributed by atoms with Crippen molar-refractivity contribution in [3.05, 3.63) is 94.5 Å². The summed E-state index contributed by atoms with van der Waals surface area (Å²) in [6.07, 6.45) is 1.97. The van der Waals surface area contributed by atoms with E-state index in [-0.39, 0.29) is 10.1 Å². The molecule has 1 saturated heterocycles. The molecule has 0 spiro atoms. The number of nitrogens with one attached hydrogen (secondary N) is 1. The van der Waals surface area contributed by atoms with Gasteiger partial charge in [0.15, 0.2) is 11.5 Å². The average Bonchev–Trinajstić information content (AvgIpc) is 3.45. The van der Waals surface area contributed by atoms with Crippen LogP contribution in [0.3, 0.4) is 0 Å². The van der Waals surface area contributed by atoms with Crippen LogP contribution < -0.4 is 14.8 Å². The van der Waals surface area contributed by atoms with Crippen molar-refractivity contribution in [1.29, 1.82) is 0 Å². The highest BCUT2D eigenvalue weighted by Gasteiger charge is 2.39. The Morgan fingerprint density at radius 3 is 2.05 bits per heavy atom. The highest BCUT2D eigenvalue weighted by atomic mass is 32.2. The normalized spacial score (nSPS) is 17.5. The maximum absolute atomic E-state index is 9.10. The molecule has 3 N–H and O–H groups in total. The number of aliphatic carboxylic acids is 2. The van der Waals surface area contributed by atoms with Crippen LogP contribution in [-0.2, 0) is 26.5 Å². The molecular weight excluding hydrogens is 522 g/mol. The van der Waals surface area contributed by atoms with Crippen molar-refractivity contribution in [2.24, 2.45) is 0 Å². The molecule has 3 aromatic carbocycles. The lowest BCUT2D eigenvalue weighted by molar-refractivity contribution is -0.159. The molecule has 2 heterocycles. The molecule has 38 heavy (non-hydrogen) atoms. The van der Waals surface area contributed by atoms with Gasteiger partial charge >= 0.3 is 11.9 Å². The zero-order valence-electron chi connectivity index (χ0n) is 21.3. The molecular formula is C29H31NO6S2. The number of rotatable bonds is 6. The lowest BCUT2D eigenvalue weighted by Gasteiger charge is -2.30. The maximum atomic E-state index is 9.10. The third-order valence-corrected chi connectivity index (χ3v) is 10.1. The summed E-state index contributed by atoms with van der Waals surface area (Å²) in [7, 11) is 3.41. The summed E-state index contributed by atoms with van der Waals surface area (Å²) in [6, 6.07) is 24.8. The van der Waals surface area contributed by atoms with Gasteiger partial charge in [-0.15, -0.1) is 23.5 Å². The monoisotopic (exact) mass is 553 g/mol. The molecule has 1 atom stereocenters. The second-order valence-electron chi connectivity index (χ2n) is 8.85. The summed E-state index contributed by atoms with van der Waals surface area (Å²) >= 11 is 4.12. The van der Waals surface area contributed by atoms with Crippen LogP contribution >= 0.6 is 23.5 Å². The first-order valence-corrected chi connectivity index (χ1v) is 14.2. The Bertz CT molecular complexity index is 1250. The summed E-state index contributed by atoms with van der Waals surface area (Å²) < 4.78 is 11.1. The Balaban J connectivity index is 0.000000505.